The number of carbonyl (C=O) groups excluding carboxylic acids is 1. The second-order valence-electron chi connectivity index (χ2n) is 4.75. The normalized spacial score (nSPS) is 10.1. The molecule has 3 rings (SSSR count). The summed E-state index contributed by atoms with van der Waals surface area (Å²) in [6.45, 7) is 0. The predicted octanol–water partition coefficient (Wildman–Crippen LogP) is 3.61. The van der Waals surface area contributed by atoms with Crippen molar-refractivity contribution < 1.29 is 9.18 Å². The molecular formula is C17H13FN4O. The fourth-order valence-corrected chi connectivity index (χ4v) is 1.90. The van der Waals surface area contributed by atoms with Crippen molar-refractivity contribution in [2.24, 2.45) is 0 Å². The molecule has 1 amide bonds. The SMILES string of the molecule is O=C(Nc1ccccc1)c1cnc(Nc2ccc(F)cc2)nc1. The van der Waals surface area contributed by atoms with Gasteiger partial charge in [0.25, 0.3) is 5.91 Å². The highest BCUT2D eigenvalue weighted by Gasteiger charge is 2.07. The van der Waals surface area contributed by atoms with Crippen LogP contribution in [0, 0.1) is 5.82 Å². The second-order valence-corrected chi connectivity index (χ2v) is 4.75. The number of benzene rings is 2. The van der Waals surface area contributed by atoms with Gasteiger partial charge in [0, 0.05) is 23.8 Å². The van der Waals surface area contributed by atoms with Crippen LogP contribution in [0.15, 0.2) is 67.0 Å². The molecular weight excluding hydrogens is 295 g/mol. The molecule has 2 N–H and O–H groups in total. The Morgan fingerprint density at radius 2 is 1.52 bits per heavy atom. The minimum absolute atomic E-state index is 0.287. The van der Waals surface area contributed by atoms with Crippen molar-refractivity contribution in [1.82, 2.24) is 9.97 Å². The average Bonchev–Trinajstić information content (AvgIpc) is 2.58. The molecule has 1 heterocycles. The number of nitrogens with one attached hydrogen (secondary N) is 2. The van der Waals surface area contributed by atoms with E-state index < -0.39 is 0 Å². The summed E-state index contributed by atoms with van der Waals surface area (Å²) in [5.41, 5.74) is 1.71. The van der Waals surface area contributed by atoms with Crippen molar-refractivity contribution in [3.05, 3.63) is 78.4 Å². The third kappa shape index (κ3) is 3.88. The highest BCUT2D eigenvalue weighted by molar-refractivity contribution is 6.03. The van der Waals surface area contributed by atoms with Gasteiger partial charge < -0.3 is 10.6 Å². The standard InChI is InChI=1S/C17H13FN4O/c18-13-6-8-15(9-7-13)22-17-19-10-12(11-20-17)16(23)21-14-4-2-1-3-5-14/h1-11H,(H,21,23)(H,19,20,22). The summed E-state index contributed by atoms with van der Waals surface area (Å²) >= 11 is 0. The summed E-state index contributed by atoms with van der Waals surface area (Å²) in [6.07, 6.45) is 2.86. The lowest BCUT2D eigenvalue weighted by atomic mass is 10.3. The molecule has 1 aromatic heterocycles. The topological polar surface area (TPSA) is 66.9 Å². The van der Waals surface area contributed by atoms with Gasteiger partial charge in [-0.05, 0) is 36.4 Å². The van der Waals surface area contributed by atoms with E-state index in [0.29, 0.717) is 22.9 Å². The van der Waals surface area contributed by atoms with Crippen LogP contribution in [0.4, 0.5) is 21.7 Å². The van der Waals surface area contributed by atoms with Crippen LogP contribution in [0.5, 0.6) is 0 Å². The molecule has 23 heavy (non-hydrogen) atoms. The number of hydrogen-bond acceptors (Lipinski definition) is 4. The summed E-state index contributed by atoms with van der Waals surface area (Å²) in [5.74, 6) is -0.276. The first-order valence-corrected chi connectivity index (χ1v) is 6.92. The lowest BCUT2D eigenvalue weighted by Crippen LogP contribution is -2.13. The number of rotatable bonds is 4. The highest BCUT2D eigenvalue weighted by Crippen LogP contribution is 2.13. The second kappa shape index (κ2) is 6.65. The molecule has 0 bridgehead atoms. The van der Waals surface area contributed by atoms with Gasteiger partial charge in [0.05, 0.1) is 5.56 Å². The van der Waals surface area contributed by atoms with Crippen LogP contribution in [0.25, 0.3) is 0 Å². The Morgan fingerprint density at radius 3 is 2.17 bits per heavy atom. The third-order valence-corrected chi connectivity index (χ3v) is 3.05. The first-order chi connectivity index (χ1) is 11.2. The van der Waals surface area contributed by atoms with Crippen LogP contribution in [0.2, 0.25) is 0 Å². The van der Waals surface area contributed by atoms with Gasteiger partial charge in [0.15, 0.2) is 0 Å². The minimum Gasteiger partial charge on any atom is -0.324 e. The van der Waals surface area contributed by atoms with E-state index in [1.54, 1.807) is 24.3 Å². The number of hydrogen-bond donors (Lipinski definition) is 2. The number of carbonyl (C=O) groups is 1. The van der Waals surface area contributed by atoms with Crippen molar-refractivity contribution in [2.75, 3.05) is 10.6 Å². The van der Waals surface area contributed by atoms with Gasteiger partial charge in [-0.2, -0.15) is 0 Å². The fourth-order valence-electron chi connectivity index (χ4n) is 1.90. The van der Waals surface area contributed by atoms with Gasteiger partial charge in [-0.3, -0.25) is 4.79 Å². The van der Waals surface area contributed by atoms with Crippen LogP contribution in [-0.2, 0) is 0 Å². The van der Waals surface area contributed by atoms with Crippen molar-refractivity contribution >= 4 is 23.2 Å². The molecule has 0 aliphatic carbocycles. The van der Waals surface area contributed by atoms with Crippen molar-refractivity contribution in [3.63, 3.8) is 0 Å². The predicted molar refractivity (Wildman–Crippen MR) is 86.1 cm³/mol. The Kier molecular flexibility index (Phi) is 4.24. The quantitative estimate of drug-likeness (QED) is 0.772. The first-order valence-electron chi connectivity index (χ1n) is 6.92. The maximum absolute atomic E-state index is 12.8. The molecule has 2 aromatic carbocycles. The van der Waals surface area contributed by atoms with Gasteiger partial charge in [0.2, 0.25) is 5.95 Å². The summed E-state index contributed by atoms with van der Waals surface area (Å²) in [7, 11) is 0. The Morgan fingerprint density at radius 1 is 0.870 bits per heavy atom. The van der Waals surface area contributed by atoms with Gasteiger partial charge in [-0.25, -0.2) is 14.4 Å². The molecule has 0 aliphatic heterocycles. The van der Waals surface area contributed by atoms with Crippen molar-refractivity contribution in [1.29, 1.82) is 0 Å². The van der Waals surface area contributed by atoms with Crippen LogP contribution in [0.1, 0.15) is 10.4 Å². The molecule has 5 nitrogen and oxygen atoms in total. The monoisotopic (exact) mass is 308 g/mol. The maximum atomic E-state index is 12.8. The third-order valence-electron chi connectivity index (χ3n) is 3.05. The molecule has 0 saturated carbocycles. The maximum Gasteiger partial charge on any atom is 0.258 e. The Balaban J connectivity index is 1.66. The highest BCUT2D eigenvalue weighted by atomic mass is 19.1. The lowest BCUT2D eigenvalue weighted by molar-refractivity contribution is 0.102. The van der Waals surface area contributed by atoms with Crippen molar-refractivity contribution in [2.45, 2.75) is 0 Å². The van der Waals surface area contributed by atoms with Gasteiger partial charge in [-0.15, -0.1) is 0 Å². The number of nitrogens with zero attached hydrogens (tertiary/aromatic N) is 2. The Bertz CT molecular complexity index is 789. The number of amides is 1. The van der Waals surface area contributed by atoms with Gasteiger partial charge in [-0.1, -0.05) is 18.2 Å². The first kappa shape index (κ1) is 14.6. The summed E-state index contributed by atoms with van der Waals surface area (Å²) in [5, 5.41) is 5.68. The zero-order valence-electron chi connectivity index (χ0n) is 12.0. The van der Waals surface area contributed by atoms with E-state index in [1.165, 1.54) is 24.5 Å². The van der Waals surface area contributed by atoms with E-state index >= 15 is 0 Å². The molecule has 0 fully saturated rings. The molecule has 0 aliphatic rings. The molecule has 0 radical (unpaired) electrons. The zero-order chi connectivity index (χ0) is 16.1. The molecule has 0 spiro atoms. The van der Waals surface area contributed by atoms with Crippen LogP contribution in [-0.4, -0.2) is 15.9 Å². The lowest BCUT2D eigenvalue weighted by Gasteiger charge is -2.06. The van der Waals surface area contributed by atoms with E-state index in [1.807, 2.05) is 18.2 Å². The Hall–Kier alpha value is -3.28. The molecule has 0 atom stereocenters. The summed E-state index contributed by atoms with van der Waals surface area (Å²) in [6, 6.07) is 15.0. The fraction of sp³-hybridized carbons (Fsp3) is 0. The van der Waals surface area contributed by atoms with Gasteiger partial charge in [0.1, 0.15) is 5.82 Å². The van der Waals surface area contributed by atoms with E-state index in [-0.39, 0.29) is 11.7 Å². The number of anilines is 3. The molecule has 0 saturated heterocycles. The van der Waals surface area contributed by atoms with E-state index in [4.69, 9.17) is 0 Å². The van der Waals surface area contributed by atoms with Crippen LogP contribution >= 0.6 is 0 Å². The average molecular weight is 308 g/mol. The van der Waals surface area contributed by atoms with E-state index in [9.17, 15) is 9.18 Å². The molecule has 0 unspecified atom stereocenters. The number of para-hydroxylation sites is 1. The van der Waals surface area contributed by atoms with Crippen LogP contribution in [0.3, 0.4) is 0 Å². The Labute approximate surface area is 132 Å². The number of halogens is 1. The van der Waals surface area contributed by atoms with E-state index in [2.05, 4.69) is 20.6 Å². The molecule has 3 aromatic rings. The summed E-state index contributed by atoms with van der Waals surface area (Å²) < 4.78 is 12.8. The summed E-state index contributed by atoms with van der Waals surface area (Å²) in [4.78, 5) is 20.2. The van der Waals surface area contributed by atoms with Crippen molar-refractivity contribution in [3.8, 4) is 0 Å². The zero-order valence-corrected chi connectivity index (χ0v) is 12.0. The van der Waals surface area contributed by atoms with E-state index in [0.717, 1.165) is 0 Å². The van der Waals surface area contributed by atoms with Gasteiger partial charge >= 0.3 is 0 Å². The number of aromatic nitrogens is 2. The minimum atomic E-state index is -0.315. The largest absolute Gasteiger partial charge is 0.324 e. The molecule has 114 valence electrons. The van der Waals surface area contributed by atoms with Crippen LogP contribution < -0.4 is 10.6 Å². The molecule has 6 heteroatoms. The smallest absolute Gasteiger partial charge is 0.258 e.